The van der Waals surface area contributed by atoms with E-state index < -0.39 is 0 Å². The number of rotatable bonds is 4. The van der Waals surface area contributed by atoms with Crippen molar-refractivity contribution in [1.82, 2.24) is 15.3 Å². The van der Waals surface area contributed by atoms with Gasteiger partial charge in [-0.05, 0) is 55.3 Å². The number of H-pyrrole nitrogens is 1. The maximum absolute atomic E-state index is 11.9. The highest BCUT2D eigenvalue weighted by molar-refractivity contribution is 6.32. The molecule has 7 heteroatoms. The molecule has 0 radical (unpaired) electrons. The summed E-state index contributed by atoms with van der Waals surface area (Å²) in [5.41, 5.74) is 4.24. The fourth-order valence-electron chi connectivity index (χ4n) is 2.36. The number of imidazole rings is 1. The molecule has 124 valence electrons. The van der Waals surface area contributed by atoms with E-state index in [1.165, 1.54) is 0 Å². The second-order valence-electron chi connectivity index (χ2n) is 5.43. The predicted octanol–water partition coefficient (Wildman–Crippen LogP) is 3.99. The number of halogens is 1. The topological polar surface area (TPSA) is 79.0 Å². The minimum atomic E-state index is -0.351. The molecule has 0 spiro atoms. The molecule has 3 rings (SSSR count). The molecule has 1 aromatic heterocycles. The van der Waals surface area contributed by atoms with Gasteiger partial charge in [0.2, 0.25) is 0 Å². The number of benzene rings is 2. The Kier molecular flexibility index (Phi) is 4.57. The Morgan fingerprint density at radius 2 is 2.00 bits per heavy atom. The number of hydrogen-bond donors (Lipinski definition) is 3. The SMILES string of the molecule is Cc1cc(OCNC(=O)Nc2ccc3nc[nH]c3c2)cc(C)c1Cl. The van der Waals surface area contributed by atoms with Gasteiger partial charge >= 0.3 is 6.03 Å². The molecular weight excluding hydrogens is 328 g/mol. The van der Waals surface area contributed by atoms with Crippen LogP contribution in [0.25, 0.3) is 11.0 Å². The van der Waals surface area contributed by atoms with Gasteiger partial charge in [-0.1, -0.05) is 11.6 Å². The lowest BCUT2D eigenvalue weighted by Crippen LogP contribution is -2.32. The van der Waals surface area contributed by atoms with Gasteiger partial charge in [-0.3, -0.25) is 0 Å². The van der Waals surface area contributed by atoms with Crippen molar-refractivity contribution in [2.24, 2.45) is 0 Å². The van der Waals surface area contributed by atoms with Crippen molar-refractivity contribution in [3.05, 3.63) is 52.8 Å². The molecule has 0 aliphatic carbocycles. The van der Waals surface area contributed by atoms with Gasteiger partial charge in [-0.2, -0.15) is 0 Å². The van der Waals surface area contributed by atoms with Crippen LogP contribution in [0.1, 0.15) is 11.1 Å². The van der Waals surface area contributed by atoms with Gasteiger partial charge in [0.25, 0.3) is 0 Å². The third-order valence-corrected chi connectivity index (χ3v) is 4.16. The molecule has 0 saturated carbocycles. The second kappa shape index (κ2) is 6.80. The molecule has 3 N–H and O–H groups in total. The van der Waals surface area contributed by atoms with Crippen LogP contribution in [0.2, 0.25) is 5.02 Å². The number of amides is 2. The van der Waals surface area contributed by atoms with E-state index in [2.05, 4.69) is 20.6 Å². The van der Waals surface area contributed by atoms with Crippen molar-refractivity contribution < 1.29 is 9.53 Å². The number of nitrogens with zero attached hydrogens (tertiary/aromatic N) is 1. The first kappa shape index (κ1) is 16.1. The average Bonchev–Trinajstić information content (AvgIpc) is 3.00. The van der Waals surface area contributed by atoms with E-state index in [0.29, 0.717) is 11.4 Å². The molecule has 0 unspecified atom stereocenters. The third kappa shape index (κ3) is 3.60. The van der Waals surface area contributed by atoms with Crippen molar-refractivity contribution in [3.8, 4) is 5.75 Å². The first-order valence-electron chi connectivity index (χ1n) is 7.40. The van der Waals surface area contributed by atoms with Crippen LogP contribution in [0, 0.1) is 13.8 Å². The van der Waals surface area contributed by atoms with Crippen LogP contribution < -0.4 is 15.4 Å². The fraction of sp³-hybridized carbons (Fsp3) is 0.176. The number of fused-ring (bicyclic) bond motifs is 1. The molecule has 0 saturated heterocycles. The molecule has 2 amide bonds. The third-order valence-electron chi connectivity index (χ3n) is 3.56. The summed E-state index contributed by atoms with van der Waals surface area (Å²) in [6.07, 6.45) is 1.61. The molecule has 0 aliphatic heterocycles. The molecule has 0 atom stereocenters. The summed E-state index contributed by atoms with van der Waals surface area (Å²) in [7, 11) is 0. The van der Waals surface area contributed by atoms with Crippen LogP contribution >= 0.6 is 11.6 Å². The number of carbonyl (C=O) groups excluding carboxylic acids is 1. The molecule has 24 heavy (non-hydrogen) atoms. The van der Waals surface area contributed by atoms with Gasteiger partial charge in [0, 0.05) is 10.7 Å². The van der Waals surface area contributed by atoms with Gasteiger partial charge in [0.05, 0.1) is 17.4 Å². The Bertz CT molecular complexity index is 868. The first-order valence-corrected chi connectivity index (χ1v) is 7.78. The van der Waals surface area contributed by atoms with Gasteiger partial charge in [-0.25, -0.2) is 9.78 Å². The normalized spacial score (nSPS) is 10.6. The Hall–Kier alpha value is -2.73. The standard InChI is InChI=1S/C17H17ClN4O2/c1-10-5-13(6-11(2)16(10)18)24-9-21-17(23)22-12-3-4-14-15(7-12)20-8-19-14/h3-8H,9H2,1-2H3,(H,19,20)(H2,21,22,23). The van der Waals surface area contributed by atoms with Gasteiger partial charge in [0.15, 0.2) is 6.73 Å². The molecule has 3 aromatic rings. The van der Waals surface area contributed by atoms with Crippen molar-refractivity contribution in [2.45, 2.75) is 13.8 Å². The fourth-order valence-corrected chi connectivity index (χ4v) is 2.47. The minimum Gasteiger partial charge on any atom is -0.473 e. The van der Waals surface area contributed by atoms with Gasteiger partial charge in [0.1, 0.15) is 5.75 Å². The van der Waals surface area contributed by atoms with E-state index in [1.807, 2.05) is 38.1 Å². The molecule has 0 aliphatic rings. The van der Waals surface area contributed by atoms with E-state index in [9.17, 15) is 4.79 Å². The summed E-state index contributed by atoms with van der Waals surface area (Å²) in [6, 6.07) is 8.75. The minimum absolute atomic E-state index is 0.0542. The molecule has 6 nitrogen and oxygen atoms in total. The van der Waals surface area contributed by atoms with E-state index in [-0.39, 0.29) is 12.8 Å². The number of aromatic nitrogens is 2. The smallest absolute Gasteiger partial charge is 0.321 e. The van der Waals surface area contributed by atoms with Crippen LogP contribution in [0.5, 0.6) is 5.75 Å². The summed E-state index contributed by atoms with van der Waals surface area (Å²) < 4.78 is 5.54. The number of ether oxygens (including phenoxy) is 1. The quantitative estimate of drug-likeness (QED) is 0.626. The molecular formula is C17H17ClN4O2. The largest absolute Gasteiger partial charge is 0.473 e. The summed E-state index contributed by atoms with van der Waals surface area (Å²) in [6.45, 7) is 3.88. The summed E-state index contributed by atoms with van der Waals surface area (Å²) >= 11 is 6.12. The molecule has 0 bridgehead atoms. The summed E-state index contributed by atoms with van der Waals surface area (Å²) in [4.78, 5) is 19.0. The van der Waals surface area contributed by atoms with E-state index in [1.54, 1.807) is 12.4 Å². The van der Waals surface area contributed by atoms with Gasteiger partial charge in [-0.15, -0.1) is 0 Å². The zero-order chi connectivity index (χ0) is 17.1. The monoisotopic (exact) mass is 344 g/mol. The van der Waals surface area contributed by atoms with Crippen molar-refractivity contribution in [2.75, 3.05) is 12.0 Å². The maximum atomic E-state index is 11.9. The molecule has 0 fully saturated rings. The van der Waals surface area contributed by atoms with Crippen LogP contribution in [0.3, 0.4) is 0 Å². The van der Waals surface area contributed by atoms with E-state index in [4.69, 9.17) is 16.3 Å². The van der Waals surface area contributed by atoms with Crippen molar-refractivity contribution >= 4 is 34.4 Å². The lowest BCUT2D eigenvalue weighted by molar-refractivity contribution is 0.234. The number of carbonyl (C=O) groups is 1. The number of aryl methyl sites for hydroxylation is 2. The van der Waals surface area contributed by atoms with Crippen molar-refractivity contribution in [1.29, 1.82) is 0 Å². The predicted molar refractivity (Wildman–Crippen MR) is 94.7 cm³/mol. The lowest BCUT2D eigenvalue weighted by Gasteiger charge is -2.11. The number of anilines is 1. The first-order chi connectivity index (χ1) is 11.5. The maximum Gasteiger partial charge on any atom is 0.321 e. The number of aromatic amines is 1. The Balaban J connectivity index is 1.54. The summed E-state index contributed by atoms with van der Waals surface area (Å²) in [5.74, 6) is 0.661. The van der Waals surface area contributed by atoms with Crippen LogP contribution in [-0.2, 0) is 0 Å². The second-order valence-corrected chi connectivity index (χ2v) is 5.80. The number of hydrogen-bond acceptors (Lipinski definition) is 3. The Labute approximate surface area is 144 Å². The highest BCUT2D eigenvalue weighted by Crippen LogP contribution is 2.25. The van der Waals surface area contributed by atoms with Crippen molar-refractivity contribution in [3.63, 3.8) is 0 Å². The Morgan fingerprint density at radius 3 is 2.75 bits per heavy atom. The zero-order valence-electron chi connectivity index (χ0n) is 13.3. The average molecular weight is 345 g/mol. The highest BCUT2D eigenvalue weighted by atomic mass is 35.5. The number of nitrogens with one attached hydrogen (secondary N) is 3. The zero-order valence-corrected chi connectivity index (χ0v) is 14.1. The molecule has 2 aromatic carbocycles. The number of urea groups is 1. The Morgan fingerprint density at radius 1 is 1.25 bits per heavy atom. The highest BCUT2D eigenvalue weighted by Gasteiger charge is 2.06. The van der Waals surface area contributed by atoms with Crippen LogP contribution in [0.4, 0.5) is 10.5 Å². The lowest BCUT2D eigenvalue weighted by atomic mass is 10.1. The van der Waals surface area contributed by atoms with Crippen LogP contribution in [-0.4, -0.2) is 22.7 Å². The van der Waals surface area contributed by atoms with E-state index in [0.717, 1.165) is 27.2 Å². The van der Waals surface area contributed by atoms with Gasteiger partial charge < -0.3 is 20.4 Å². The molecule has 1 heterocycles. The van der Waals surface area contributed by atoms with Crippen LogP contribution in [0.15, 0.2) is 36.7 Å². The van der Waals surface area contributed by atoms with E-state index >= 15 is 0 Å². The summed E-state index contributed by atoms with van der Waals surface area (Å²) in [5, 5.41) is 6.11.